The number of benzene rings is 2. The zero-order chi connectivity index (χ0) is 15.6. The number of anilines is 1. The van der Waals surface area contributed by atoms with E-state index in [2.05, 4.69) is 21.2 Å². The number of phenols is 1. The second-order valence-corrected chi connectivity index (χ2v) is 5.30. The van der Waals surface area contributed by atoms with E-state index in [1.807, 2.05) is 13.0 Å². The highest BCUT2D eigenvalue weighted by Gasteiger charge is 2.16. The van der Waals surface area contributed by atoms with Gasteiger partial charge in [-0.1, -0.05) is 17.7 Å². The van der Waals surface area contributed by atoms with E-state index in [9.17, 15) is 14.7 Å². The summed E-state index contributed by atoms with van der Waals surface area (Å²) in [6.45, 7) is 1.85. The summed E-state index contributed by atoms with van der Waals surface area (Å²) in [6.07, 6.45) is 0. The van der Waals surface area contributed by atoms with E-state index < -0.39 is 17.6 Å². The number of carbonyl (C=O) groups excluding carboxylic acids is 1. The Morgan fingerprint density at radius 2 is 1.86 bits per heavy atom. The minimum atomic E-state index is -1.26. The first-order valence-electron chi connectivity index (χ1n) is 6.03. The third kappa shape index (κ3) is 3.22. The van der Waals surface area contributed by atoms with Gasteiger partial charge in [0.25, 0.3) is 5.91 Å². The van der Waals surface area contributed by atoms with Gasteiger partial charge in [-0.2, -0.15) is 0 Å². The smallest absolute Gasteiger partial charge is 0.339 e. The number of carboxylic acids is 1. The maximum Gasteiger partial charge on any atom is 0.339 e. The van der Waals surface area contributed by atoms with Gasteiger partial charge in [-0.25, -0.2) is 4.79 Å². The average molecular weight is 350 g/mol. The molecular formula is C15H12BrNO4. The summed E-state index contributed by atoms with van der Waals surface area (Å²) in [7, 11) is 0. The summed E-state index contributed by atoms with van der Waals surface area (Å²) in [6, 6.07) is 9.43. The standard InChI is InChI=1S/C15H12BrNO4/c1-8-5-6-11(16)10(7-8)14(19)17-12-4-2-3-9(13(12)18)15(20)21/h2-7,18H,1H3,(H,17,19)(H,20,21). The number of aryl methyl sites for hydroxylation is 1. The van der Waals surface area contributed by atoms with E-state index in [1.54, 1.807) is 12.1 Å². The molecule has 1 amide bonds. The topological polar surface area (TPSA) is 86.6 Å². The lowest BCUT2D eigenvalue weighted by Gasteiger charge is -2.10. The number of hydrogen-bond acceptors (Lipinski definition) is 3. The van der Waals surface area contributed by atoms with E-state index in [0.29, 0.717) is 10.0 Å². The van der Waals surface area contributed by atoms with Crippen LogP contribution in [0.3, 0.4) is 0 Å². The van der Waals surface area contributed by atoms with Crippen LogP contribution in [0.5, 0.6) is 5.75 Å². The van der Waals surface area contributed by atoms with Crippen LogP contribution in [0.1, 0.15) is 26.3 Å². The Morgan fingerprint density at radius 1 is 1.14 bits per heavy atom. The molecule has 2 aromatic carbocycles. The van der Waals surface area contributed by atoms with Crippen molar-refractivity contribution in [1.29, 1.82) is 0 Å². The quantitative estimate of drug-likeness (QED) is 0.741. The fourth-order valence-electron chi connectivity index (χ4n) is 1.82. The number of nitrogens with one attached hydrogen (secondary N) is 1. The number of para-hydroxylation sites is 1. The van der Waals surface area contributed by atoms with Crippen LogP contribution in [-0.4, -0.2) is 22.1 Å². The number of amides is 1. The van der Waals surface area contributed by atoms with Crippen molar-refractivity contribution >= 4 is 33.5 Å². The fourth-order valence-corrected chi connectivity index (χ4v) is 2.25. The Hall–Kier alpha value is -2.34. The molecule has 0 bridgehead atoms. The van der Waals surface area contributed by atoms with Crippen LogP contribution in [0, 0.1) is 6.92 Å². The number of carbonyl (C=O) groups is 2. The molecule has 0 radical (unpaired) electrons. The van der Waals surface area contributed by atoms with Crippen LogP contribution in [-0.2, 0) is 0 Å². The lowest BCUT2D eigenvalue weighted by Crippen LogP contribution is -2.13. The van der Waals surface area contributed by atoms with Crippen molar-refractivity contribution in [2.75, 3.05) is 5.32 Å². The Labute approximate surface area is 129 Å². The van der Waals surface area contributed by atoms with Crippen LogP contribution in [0.25, 0.3) is 0 Å². The van der Waals surface area contributed by atoms with Crippen molar-refractivity contribution in [3.05, 3.63) is 57.6 Å². The number of aromatic hydroxyl groups is 1. The molecular weight excluding hydrogens is 338 g/mol. The van der Waals surface area contributed by atoms with Gasteiger partial charge < -0.3 is 15.5 Å². The van der Waals surface area contributed by atoms with Crippen LogP contribution in [0.4, 0.5) is 5.69 Å². The highest BCUT2D eigenvalue weighted by molar-refractivity contribution is 9.10. The van der Waals surface area contributed by atoms with Crippen molar-refractivity contribution in [2.24, 2.45) is 0 Å². The zero-order valence-corrected chi connectivity index (χ0v) is 12.6. The highest BCUT2D eigenvalue weighted by Crippen LogP contribution is 2.28. The number of rotatable bonds is 3. The molecule has 108 valence electrons. The van der Waals surface area contributed by atoms with Gasteiger partial charge in [0.1, 0.15) is 5.56 Å². The van der Waals surface area contributed by atoms with Crippen LogP contribution in [0.15, 0.2) is 40.9 Å². The van der Waals surface area contributed by atoms with Gasteiger partial charge >= 0.3 is 5.97 Å². The molecule has 0 atom stereocenters. The first-order chi connectivity index (χ1) is 9.90. The monoisotopic (exact) mass is 349 g/mol. The average Bonchev–Trinajstić information content (AvgIpc) is 2.43. The summed E-state index contributed by atoms with van der Waals surface area (Å²) >= 11 is 3.28. The van der Waals surface area contributed by atoms with Gasteiger partial charge in [-0.05, 0) is 47.1 Å². The fraction of sp³-hybridized carbons (Fsp3) is 0.0667. The van der Waals surface area contributed by atoms with Crippen LogP contribution >= 0.6 is 15.9 Å². The van der Waals surface area contributed by atoms with Crippen LogP contribution in [0.2, 0.25) is 0 Å². The van der Waals surface area contributed by atoms with Gasteiger partial charge in [0, 0.05) is 4.47 Å². The molecule has 0 aliphatic heterocycles. The maximum atomic E-state index is 12.2. The second kappa shape index (κ2) is 5.97. The van der Waals surface area contributed by atoms with Gasteiger partial charge in [0.15, 0.2) is 5.75 Å². The maximum absolute atomic E-state index is 12.2. The van der Waals surface area contributed by atoms with Gasteiger partial charge in [0.2, 0.25) is 0 Å². The predicted octanol–water partition coefficient (Wildman–Crippen LogP) is 3.41. The molecule has 0 spiro atoms. The highest BCUT2D eigenvalue weighted by atomic mass is 79.9. The molecule has 0 aliphatic rings. The normalized spacial score (nSPS) is 10.2. The SMILES string of the molecule is Cc1ccc(Br)c(C(=O)Nc2cccc(C(=O)O)c2O)c1. The summed E-state index contributed by atoms with van der Waals surface area (Å²) in [5.74, 6) is -2.18. The molecule has 2 rings (SSSR count). The summed E-state index contributed by atoms with van der Waals surface area (Å²) in [4.78, 5) is 23.2. The molecule has 3 N–H and O–H groups in total. The van der Waals surface area contributed by atoms with Gasteiger partial charge in [0.05, 0.1) is 11.3 Å². The largest absolute Gasteiger partial charge is 0.505 e. The minimum Gasteiger partial charge on any atom is -0.505 e. The molecule has 0 heterocycles. The van der Waals surface area contributed by atoms with E-state index in [-0.39, 0.29) is 11.3 Å². The van der Waals surface area contributed by atoms with Gasteiger partial charge in [-0.3, -0.25) is 4.79 Å². The first-order valence-corrected chi connectivity index (χ1v) is 6.82. The van der Waals surface area contributed by atoms with E-state index >= 15 is 0 Å². The first kappa shape index (κ1) is 15.1. The number of halogens is 1. The Kier molecular flexibility index (Phi) is 4.28. The molecule has 6 heteroatoms. The summed E-state index contributed by atoms with van der Waals surface area (Å²) in [5, 5.41) is 21.3. The van der Waals surface area contributed by atoms with Crippen molar-refractivity contribution in [3.63, 3.8) is 0 Å². The molecule has 5 nitrogen and oxygen atoms in total. The zero-order valence-electron chi connectivity index (χ0n) is 11.1. The number of hydrogen-bond donors (Lipinski definition) is 3. The van der Waals surface area contributed by atoms with Crippen LogP contribution < -0.4 is 5.32 Å². The van der Waals surface area contributed by atoms with Crippen molar-refractivity contribution in [1.82, 2.24) is 0 Å². The summed E-state index contributed by atoms with van der Waals surface area (Å²) < 4.78 is 0.611. The van der Waals surface area contributed by atoms with Crippen molar-refractivity contribution in [2.45, 2.75) is 6.92 Å². The van der Waals surface area contributed by atoms with Gasteiger partial charge in [-0.15, -0.1) is 0 Å². The predicted molar refractivity (Wildman–Crippen MR) is 81.9 cm³/mol. The Morgan fingerprint density at radius 3 is 2.52 bits per heavy atom. The molecule has 0 saturated heterocycles. The molecule has 0 unspecified atom stereocenters. The van der Waals surface area contributed by atoms with E-state index in [0.717, 1.165) is 5.56 Å². The van der Waals surface area contributed by atoms with E-state index in [4.69, 9.17) is 5.11 Å². The minimum absolute atomic E-state index is 0.0494. The molecule has 2 aromatic rings. The van der Waals surface area contributed by atoms with Crippen molar-refractivity contribution < 1.29 is 19.8 Å². The lowest BCUT2D eigenvalue weighted by molar-refractivity contribution is 0.0693. The van der Waals surface area contributed by atoms with E-state index in [1.165, 1.54) is 18.2 Å². The molecule has 21 heavy (non-hydrogen) atoms. The molecule has 0 fully saturated rings. The second-order valence-electron chi connectivity index (χ2n) is 4.44. The molecule has 0 aromatic heterocycles. The number of carboxylic acid groups (broad SMARTS) is 1. The Balaban J connectivity index is 2.34. The Bertz CT molecular complexity index is 728. The van der Waals surface area contributed by atoms with Crippen molar-refractivity contribution in [3.8, 4) is 5.75 Å². The molecule has 0 aliphatic carbocycles. The number of aromatic carboxylic acids is 1. The lowest BCUT2D eigenvalue weighted by atomic mass is 10.1. The third-order valence-electron chi connectivity index (χ3n) is 2.88. The summed E-state index contributed by atoms with van der Waals surface area (Å²) in [5.41, 5.74) is 1.09. The molecule has 0 saturated carbocycles. The third-order valence-corrected chi connectivity index (χ3v) is 3.57.